The zero-order chi connectivity index (χ0) is 66.6. The second-order valence-corrected chi connectivity index (χ2v) is 29.4. The molecule has 0 aliphatic carbocycles. The van der Waals surface area contributed by atoms with Gasteiger partial charge in [0.2, 0.25) is 0 Å². The van der Waals surface area contributed by atoms with Crippen LogP contribution in [-0.4, -0.2) is 129 Å². The van der Waals surface area contributed by atoms with Gasteiger partial charge in [-0.2, -0.15) is 0 Å². The Bertz CT molecular complexity index is 3300. The van der Waals surface area contributed by atoms with E-state index in [9.17, 15) is 8.42 Å². The third-order valence-corrected chi connectivity index (χ3v) is 20.4. The lowest BCUT2D eigenvalue weighted by Gasteiger charge is -2.32. The number of nitrogens with zero attached hydrogens (tertiary/aromatic N) is 9. The molecule has 0 saturated heterocycles. The summed E-state index contributed by atoms with van der Waals surface area (Å²) < 4.78 is 29.5. The van der Waals surface area contributed by atoms with Crippen molar-refractivity contribution < 1.29 is 13.2 Å². The van der Waals surface area contributed by atoms with Gasteiger partial charge >= 0.3 is 0 Å². The zero-order valence-corrected chi connectivity index (χ0v) is 59.5. The normalized spacial score (nSPS) is 17.4. The molecular formula is C79H110N10O3S. The standard InChI is InChI=1S/C12H16N2.C12H17N.2C11H16N2.C11H15NO2S.C11H15NO.C11H15N/c1-10(2)14-8-12-6-4-3-5-11(12)7-13-9-14;1-10(2)13-8-7-11-5-3-4-6-12(11)9-13;1-9(2)13-7-5-11-10(8-13)4-3-6-12-11;1-9(2)13-7-10-5-3-4-6-11(10)12-8-13;1-9(2)12-7-10-5-3-4-6-11(10)15(13,14)8-12;1-9(2)12-7-10-5-3-4-6-11(10)13-8-12;1-9(2)12-7-10-5-3-4-6-11(10)8-12/h3-6,9-10H,7-8H2,1-2H3;3-6,10H,7-9H2,1-2H3;3-4,6,9H,5,7-8H2,1-2H3;3-6,9,12H,7-8H2,1-2H3;3-6,9H,7-8H2,1-2H3;3-6,9H,7-8H2,1-2H3;3-6,9H,7-8H2,1-2H3. The van der Waals surface area contributed by atoms with Crippen LogP contribution < -0.4 is 10.1 Å². The molecule has 0 fully saturated rings. The number of rotatable bonds is 7. The quantitative estimate of drug-likeness (QED) is 0.164. The maximum absolute atomic E-state index is 11.9. The number of ether oxygens (including phenoxy) is 1. The van der Waals surface area contributed by atoms with E-state index < -0.39 is 9.84 Å². The number of pyridine rings is 1. The minimum absolute atomic E-state index is 0.141. The molecule has 8 heterocycles. The Labute approximate surface area is 560 Å². The van der Waals surface area contributed by atoms with Gasteiger partial charge in [-0.15, -0.1) is 0 Å². The number of benzene rings is 6. The van der Waals surface area contributed by atoms with Gasteiger partial charge in [0.05, 0.1) is 24.4 Å². The molecule has 6 aromatic carbocycles. The first-order chi connectivity index (χ1) is 44.6. The molecule has 13 nitrogen and oxygen atoms in total. The van der Waals surface area contributed by atoms with Crippen LogP contribution in [0.4, 0.5) is 5.69 Å². The van der Waals surface area contributed by atoms with Crippen molar-refractivity contribution in [3.63, 3.8) is 0 Å². The molecule has 7 aliphatic heterocycles. The minimum atomic E-state index is -3.11. The molecular weight excluding hydrogens is 1170 g/mol. The Balaban J connectivity index is 0.000000139. The van der Waals surface area contributed by atoms with Gasteiger partial charge in [-0.05, 0) is 178 Å². The monoisotopic (exact) mass is 1280 g/mol. The summed E-state index contributed by atoms with van der Waals surface area (Å²) in [4.78, 5) is 25.8. The largest absolute Gasteiger partial charge is 0.478 e. The van der Waals surface area contributed by atoms with Gasteiger partial charge in [-0.25, -0.2) is 8.42 Å². The van der Waals surface area contributed by atoms with E-state index in [0.29, 0.717) is 47.9 Å². The van der Waals surface area contributed by atoms with Gasteiger partial charge < -0.3 is 15.0 Å². The summed E-state index contributed by atoms with van der Waals surface area (Å²) in [5, 5.41) is 3.42. The molecule has 1 N–H and O–H groups in total. The van der Waals surface area contributed by atoms with Crippen LogP contribution in [0.1, 0.15) is 158 Å². The van der Waals surface area contributed by atoms with E-state index in [2.05, 4.69) is 243 Å². The number of anilines is 1. The second kappa shape index (κ2) is 35.1. The van der Waals surface area contributed by atoms with Crippen molar-refractivity contribution in [1.29, 1.82) is 0 Å². The molecule has 14 rings (SSSR count). The SMILES string of the molecule is CC(C)N1C=NCc2ccccc2C1.CC(C)N1CCc2ccccc2C1.CC(C)N1CCc2ncccc2C1.CC(C)N1CNc2ccccc2C1.CC(C)N1COc2ccccc2C1.CC(C)N1Cc2ccccc2C1.CC(C)N1Cc2ccccc2S(=O)(=O)C1. The van der Waals surface area contributed by atoms with Gasteiger partial charge in [0.1, 0.15) is 18.4 Å². The molecule has 0 saturated carbocycles. The van der Waals surface area contributed by atoms with Gasteiger partial charge in [0, 0.05) is 137 Å². The summed E-state index contributed by atoms with van der Waals surface area (Å²) >= 11 is 0. The highest BCUT2D eigenvalue weighted by atomic mass is 32.2. The van der Waals surface area contributed by atoms with Gasteiger partial charge in [-0.3, -0.25) is 39.4 Å². The average molecular weight is 1280 g/mol. The Morgan fingerprint density at radius 3 is 1.44 bits per heavy atom. The van der Waals surface area contributed by atoms with Crippen molar-refractivity contribution in [2.24, 2.45) is 4.99 Å². The molecule has 14 heteroatoms. The number of sulfone groups is 1. The van der Waals surface area contributed by atoms with Crippen molar-refractivity contribution >= 4 is 21.9 Å². The van der Waals surface area contributed by atoms with E-state index in [4.69, 9.17) is 4.74 Å². The van der Waals surface area contributed by atoms with Crippen LogP contribution in [0.5, 0.6) is 5.75 Å². The molecule has 0 radical (unpaired) electrons. The van der Waals surface area contributed by atoms with Crippen LogP contribution in [0, 0.1) is 0 Å². The summed E-state index contributed by atoms with van der Waals surface area (Å²) in [6, 6.07) is 58.2. The van der Waals surface area contributed by atoms with Crippen LogP contribution in [-0.2, 0) is 81.6 Å². The number of para-hydroxylation sites is 2. The number of hydrogen-bond acceptors (Lipinski definition) is 13. The fourth-order valence-corrected chi connectivity index (χ4v) is 14.0. The zero-order valence-electron chi connectivity index (χ0n) is 58.7. The number of fused-ring (bicyclic) bond motifs is 7. The first-order valence-corrected chi connectivity index (χ1v) is 35.9. The van der Waals surface area contributed by atoms with Crippen LogP contribution in [0.3, 0.4) is 0 Å². The summed E-state index contributed by atoms with van der Waals surface area (Å²) in [6.07, 6.45) is 6.19. The van der Waals surface area contributed by atoms with Crippen LogP contribution in [0.15, 0.2) is 174 Å². The lowest BCUT2D eigenvalue weighted by molar-refractivity contribution is 0.0686. The highest BCUT2D eigenvalue weighted by Crippen LogP contribution is 2.29. The molecule has 0 amide bonds. The lowest BCUT2D eigenvalue weighted by atomic mass is 9.99. The molecule has 500 valence electrons. The van der Waals surface area contributed by atoms with Gasteiger partial charge in [0.25, 0.3) is 0 Å². The van der Waals surface area contributed by atoms with Crippen molar-refractivity contribution in [3.8, 4) is 5.75 Å². The number of aromatic nitrogens is 1. The molecule has 0 unspecified atom stereocenters. The maximum atomic E-state index is 11.9. The van der Waals surface area contributed by atoms with Crippen LogP contribution in [0.25, 0.3) is 0 Å². The minimum Gasteiger partial charge on any atom is -0.478 e. The Hall–Kier alpha value is -6.75. The summed E-state index contributed by atoms with van der Waals surface area (Å²) in [5.41, 5.74) is 16.4. The van der Waals surface area contributed by atoms with Crippen molar-refractivity contribution in [3.05, 3.63) is 225 Å². The Morgan fingerprint density at radius 1 is 0.398 bits per heavy atom. The van der Waals surface area contributed by atoms with E-state index in [1.807, 2.05) is 61.6 Å². The average Bonchev–Trinajstić information content (AvgIpc) is 1.46. The summed E-state index contributed by atoms with van der Waals surface area (Å²) in [6.45, 7) is 44.0. The molecule has 0 spiro atoms. The van der Waals surface area contributed by atoms with Gasteiger partial charge in [-0.1, -0.05) is 133 Å². The van der Waals surface area contributed by atoms with Crippen LogP contribution in [0.2, 0.25) is 0 Å². The second-order valence-electron chi connectivity index (χ2n) is 27.5. The molecule has 7 aromatic rings. The van der Waals surface area contributed by atoms with E-state index in [-0.39, 0.29) is 11.9 Å². The van der Waals surface area contributed by atoms with Crippen molar-refractivity contribution in [1.82, 2.24) is 39.3 Å². The molecule has 0 atom stereocenters. The highest BCUT2D eigenvalue weighted by Gasteiger charge is 2.30. The van der Waals surface area contributed by atoms with Crippen LogP contribution >= 0.6 is 0 Å². The summed E-state index contributed by atoms with van der Waals surface area (Å²) in [7, 11) is -3.11. The van der Waals surface area contributed by atoms with Crippen molar-refractivity contribution in [2.75, 3.05) is 37.7 Å². The molecule has 93 heavy (non-hydrogen) atoms. The first kappa shape index (κ1) is 72.1. The maximum Gasteiger partial charge on any atom is 0.191 e. The third kappa shape index (κ3) is 21.1. The smallest absolute Gasteiger partial charge is 0.191 e. The third-order valence-electron chi connectivity index (χ3n) is 18.6. The van der Waals surface area contributed by atoms with E-state index in [0.717, 1.165) is 89.9 Å². The summed E-state index contributed by atoms with van der Waals surface area (Å²) in [5.74, 6) is 1.18. The Morgan fingerprint density at radius 2 is 0.839 bits per heavy atom. The predicted octanol–water partition coefficient (Wildman–Crippen LogP) is 15.3. The molecule has 0 bridgehead atoms. The Kier molecular flexibility index (Phi) is 27.2. The van der Waals surface area contributed by atoms with Crippen molar-refractivity contribution in [2.45, 2.75) is 216 Å². The highest BCUT2D eigenvalue weighted by molar-refractivity contribution is 7.91. The fraction of sp³-hybridized carbons (Fsp3) is 0.468. The topological polar surface area (TPSA) is 103 Å². The van der Waals surface area contributed by atoms with Gasteiger partial charge in [0.15, 0.2) is 9.84 Å². The van der Waals surface area contributed by atoms with E-state index >= 15 is 0 Å². The first-order valence-electron chi connectivity index (χ1n) is 34.3. The number of hydrogen-bond donors (Lipinski definition) is 1. The predicted molar refractivity (Wildman–Crippen MR) is 387 cm³/mol. The van der Waals surface area contributed by atoms with E-state index in [1.165, 1.54) is 68.9 Å². The number of nitrogens with one attached hydrogen (secondary N) is 1. The fourth-order valence-electron chi connectivity index (χ4n) is 12.2. The lowest BCUT2D eigenvalue weighted by Crippen LogP contribution is -2.39. The van der Waals surface area contributed by atoms with E-state index in [1.54, 1.807) is 17.7 Å². The molecule has 7 aliphatic rings. The molecule has 1 aromatic heterocycles. The number of aliphatic imine (C=N–C) groups is 1.